The summed E-state index contributed by atoms with van der Waals surface area (Å²) in [5, 5.41) is 4.65. The third-order valence-corrected chi connectivity index (χ3v) is 6.15. The number of hydrogen-bond donors (Lipinski definition) is 0. The fraction of sp³-hybridized carbons (Fsp3) is 0.438. The summed E-state index contributed by atoms with van der Waals surface area (Å²) < 4.78 is 28.7. The van der Waals surface area contributed by atoms with Crippen LogP contribution in [0.3, 0.4) is 0 Å². The lowest BCUT2D eigenvalue weighted by atomic mass is 10.0. The van der Waals surface area contributed by atoms with Gasteiger partial charge in [0, 0.05) is 31.9 Å². The van der Waals surface area contributed by atoms with Gasteiger partial charge in [0.25, 0.3) is 0 Å². The maximum absolute atomic E-state index is 12.8. The first-order valence-corrected chi connectivity index (χ1v) is 9.21. The van der Waals surface area contributed by atoms with E-state index in [0.717, 1.165) is 17.0 Å². The zero-order chi connectivity index (χ0) is 17.4. The highest BCUT2D eigenvalue weighted by molar-refractivity contribution is 7.89. The molecular formula is C16H22ClN3O2S. The molecule has 0 saturated carbocycles. The van der Waals surface area contributed by atoms with Crippen LogP contribution in [-0.2, 0) is 23.6 Å². The topological polar surface area (TPSA) is 55.2 Å². The molecule has 7 heteroatoms. The summed E-state index contributed by atoms with van der Waals surface area (Å²) in [4.78, 5) is 0.122. The maximum Gasteiger partial charge on any atom is 0.244 e. The van der Waals surface area contributed by atoms with Crippen LogP contribution < -0.4 is 0 Å². The summed E-state index contributed by atoms with van der Waals surface area (Å²) in [6, 6.07) is 6.48. The van der Waals surface area contributed by atoms with Gasteiger partial charge in [0.1, 0.15) is 4.90 Å². The van der Waals surface area contributed by atoms with Gasteiger partial charge in [0.05, 0.1) is 10.7 Å². The lowest BCUT2D eigenvalue weighted by Crippen LogP contribution is -2.27. The number of halogens is 1. The van der Waals surface area contributed by atoms with Crippen molar-refractivity contribution in [3.63, 3.8) is 0 Å². The Labute approximate surface area is 142 Å². The van der Waals surface area contributed by atoms with Crippen molar-refractivity contribution < 1.29 is 8.42 Å². The first-order valence-electron chi connectivity index (χ1n) is 7.39. The first kappa shape index (κ1) is 18.0. The van der Waals surface area contributed by atoms with Crippen LogP contribution in [0.15, 0.2) is 29.2 Å². The van der Waals surface area contributed by atoms with Gasteiger partial charge in [-0.3, -0.25) is 4.68 Å². The van der Waals surface area contributed by atoms with E-state index in [9.17, 15) is 8.42 Å². The van der Waals surface area contributed by atoms with Crippen molar-refractivity contribution >= 4 is 21.6 Å². The smallest absolute Gasteiger partial charge is 0.244 e. The second-order valence-electron chi connectivity index (χ2n) is 5.92. The van der Waals surface area contributed by atoms with Crippen molar-refractivity contribution in [1.82, 2.24) is 14.1 Å². The van der Waals surface area contributed by atoms with Crippen molar-refractivity contribution in [3.05, 3.63) is 46.2 Å². The van der Waals surface area contributed by atoms with Gasteiger partial charge in [-0.2, -0.15) is 9.40 Å². The molecule has 1 aromatic heterocycles. The number of sulfonamides is 1. The molecule has 1 heterocycles. The summed E-state index contributed by atoms with van der Waals surface area (Å²) in [5.74, 6) is 0.257. The maximum atomic E-state index is 12.8. The zero-order valence-electron chi connectivity index (χ0n) is 14.0. The van der Waals surface area contributed by atoms with Crippen LogP contribution in [0.4, 0.5) is 0 Å². The second-order valence-corrected chi connectivity index (χ2v) is 8.34. The van der Waals surface area contributed by atoms with E-state index in [1.807, 2.05) is 18.7 Å². The Morgan fingerprint density at radius 3 is 2.48 bits per heavy atom. The van der Waals surface area contributed by atoms with Crippen LogP contribution in [0.5, 0.6) is 0 Å². The number of aromatic nitrogens is 2. The Hall–Kier alpha value is -1.37. The third-order valence-electron chi connectivity index (χ3n) is 3.85. The van der Waals surface area contributed by atoms with Crippen molar-refractivity contribution in [2.24, 2.45) is 7.05 Å². The minimum Gasteiger partial charge on any atom is -0.272 e. The number of benzene rings is 1. The molecule has 0 bridgehead atoms. The van der Waals surface area contributed by atoms with Crippen molar-refractivity contribution in [1.29, 1.82) is 0 Å². The monoisotopic (exact) mass is 355 g/mol. The average molecular weight is 356 g/mol. The van der Waals surface area contributed by atoms with Gasteiger partial charge in [-0.15, -0.1) is 0 Å². The number of aryl methyl sites for hydroxylation is 2. The lowest BCUT2D eigenvalue weighted by Gasteiger charge is -2.19. The highest BCUT2D eigenvalue weighted by Gasteiger charge is 2.26. The molecule has 23 heavy (non-hydrogen) atoms. The summed E-state index contributed by atoms with van der Waals surface area (Å²) >= 11 is 6.05. The second kappa shape index (κ2) is 6.63. The average Bonchev–Trinajstić information content (AvgIpc) is 2.73. The molecule has 0 unspecified atom stereocenters. The number of rotatable bonds is 5. The van der Waals surface area contributed by atoms with Gasteiger partial charge in [-0.1, -0.05) is 37.6 Å². The van der Waals surface area contributed by atoms with Gasteiger partial charge in [-0.25, -0.2) is 8.42 Å². The fourth-order valence-electron chi connectivity index (χ4n) is 2.77. The molecule has 0 spiro atoms. The molecule has 5 nitrogen and oxygen atoms in total. The lowest BCUT2D eigenvalue weighted by molar-refractivity contribution is 0.463. The van der Waals surface area contributed by atoms with Crippen molar-refractivity contribution in [2.45, 2.75) is 38.1 Å². The van der Waals surface area contributed by atoms with Crippen LogP contribution in [0.2, 0.25) is 5.02 Å². The van der Waals surface area contributed by atoms with Crippen LogP contribution in [0.25, 0.3) is 0 Å². The molecule has 0 saturated heterocycles. The van der Waals surface area contributed by atoms with Gasteiger partial charge in [-0.05, 0) is 25.0 Å². The molecule has 1 aromatic carbocycles. The van der Waals surface area contributed by atoms with Gasteiger partial charge in [0.15, 0.2) is 0 Å². The standard InChI is InChI=1S/C16H22ClN3O2S/c1-11(2)16-13(12(3)18-20(16)5)10-19(4)23(21,22)15-9-7-6-8-14(15)17/h6-9,11H,10H2,1-5H3. The minimum atomic E-state index is -3.65. The molecule has 0 aliphatic rings. The molecular weight excluding hydrogens is 334 g/mol. The Morgan fingerprint density at radius 2 is 1.91 bits per heavy atom. The number of nitrogens with zero attached hydrogens (tertiary/aromatic N) is 3. The van der Waals surface area contributed by atoms with Crippen LogP contribution >= 0.6 is 11.6 Å². The molecule has 0 fully saturated rings. The molecule has 0 amide bonds. The number of hydrogen-bond acceptors (Lipinski definition) is 3. The summed E-state index contributed by atoms with van der Waals surface area (Å²) in [5.41, 5.74) is 2.83. The van der Waals surface area contributed by atoms with E-state index in [4.69, 9.17) is 11.6 Å². The fourth-order valence-corrected chi connectivity index (χ4v) is 4.39. The van der Waals surface area contributed by atoms with Gasteiger partial charge >= 0.3 is 0 Å². The SMILES string of the molecule is Cc1nn(C)c(C(C)C)c1CN(C)S(=O)(=O)c1ccccc1Cl. The normalized spacial score (nSPS) is 12.3. The van der Waals surface area contributed by atoms with E-state index in [1.54, 1.807) is 25.2 Å². The van der Waals surface area contributed by atoms with Gasteiger partial charge in [0.2, 0.25) is 10.0 Å². The Balaban J connectivity index is 2.40. The summed E-state index contributed by atoms with van der Waals surface area (Å²) in [7, 11) is -0.205. The molecule has 2 aromatic rings. The molecule has 0 atom stereocenters. The summed E-state index contributed by atoms with van der Waals surface area (Å²) in [6.45, 7) is 6.31. The van der Waals surface area contributed by atoms with Gasteiger partial charge < -0.3 is 0 Å². The highest BCUT2D eigenvalue weighted by Crippen LogP contribution is 2.27. The van der Waals surface area contributed by atoms with E-state index >= 15 is 0 Å². The van der Waals surface area contributed by atoms with Crippen LogP contribution in [-0.4, -0.2) is 29.6 Å². The zero-order valence-corrected chi connectivity index (χ0v) is 15.6. The molecule has 0 N–H and O–H groups in total. The highest BCUT2D eigenvalue weighted by atomic mass is 35.5. The predicted octanol–water partition coefficient (Wildman–Crippen LogP) is 3.33. The van der Waals surface area contributed by atoms with E-state index in [1.165, 1.54) is 10.4 Å². The van der Waals surface area contributed by atoms with E-state index in [-0.39, 0.29) is 22.4 Å². The Morgan fingerprint density at radius 1 is 1.30 bits per heavy atom. The van der Waals surface area contributed by atoms with Crippen LogP contribution in [0.1, 0.15) is 36.7 Å². The van der Waals surface area contributed by atoms with Crippen molar-refractivity contribution in [3.8, 4) is 0 Å². The van der Waals surface area contributed by atoms with Crippen molar-refractivity contribution in [2.75, 3.05) is 7.05 Å². The summed E-state index contributed by atoms with van der Waals surface area (Å²) in [6.07, 6.45) is 0. The van der Waals surface area contributed by atoms with Crippen LogP contribution in [0, 0.1) is 6.92 Å². The van der Waals surface area contributed by atoms with E-state index in [0.29, 0.717) is 0 Å². The largest absolute Gasteiger partial charge is 0.272 e. The Kier molecular flexibility index (Phi) is 5.18. The third kappa shape index (κ3) is 3.44. The Bertz CT molecular complexity index is 813. The minimum absolute atomic E-state index is 0.122. The quantitative estimate of drug-likeness (QED) is 0.826. The molecule has 126 valence electrons. The van der Waals surface area contributed by atoms with E-state index in [2.05, 4.69) is 18.9 Å². The molecule has 0 aliphatic heterocycles. The predicted molar refractivity (Wildman–Crippen MR) is 92.1 cm³/mol. The molecule has 0 radical (unpaired) electrons. The van der Waals surface area contributed by atoms with E-state index < -0.39 is 10.0 Å². The first-order chi connectivity index (χ1) is 10.7. The molecule has 0 aliphatic carbocycles. The molecule has 2 rings (SSSR count).